The number of methoxy groups -OCH3 is 2. The second kappa shape index (κ2) is 8.16. The molecule has 9 heteroatoms. The molecule has 1 atom stereocenters. The van der Waals surface area contributed by atoms with E-state index in [9.17, 15) is 4.79 Å². The highest BCUT2D eigenvalue weighted by Gasteiger charge is 2.28. The van der Waals surface area contributed by atoms with Crippen molar-refractivity contribution in [3.05, 3.63) is 41.6 Å². The molecule has 0 spiro atoms. The van der Waals surface area contributed by atoms with Crippen molar-refractivity contribution < 1.29 is 14.3 Å². The molecule has 1 amide bonds. The number of nitrogens with one attached hydrogen (secondary N) is 1. The first-order valence-electron chi connectivity index (χ1n) is 9.37. The van der Waals surface area contributed by atoms with E-state index >= 15 is 0 Å². The van der Waals surface area contributed by atoms with Gasteiger partial charge in [0, 0.05) is 25.4 Å². The van der Waals surface area contributed by atoms with Crippen molar-refractivity contribution in [3.63, 3.8) is 0 Å². The van der Waals surface area contributed by atoms with Crippen LogP contribution in [-0.4, -0.2) is 47.8 Å². The van der Waals surface area contributed by atoms with Gasteiger partial charge in [-0.15, -0.1) is 10.2 Å². The van der Waals surface area contributed by atoms with Gasteiger partial charge in [0.1, 0.15) is 11.5 Å². The number of anilines is 2. The summed E-state index contributed by atoms with van der Waals surface area (Å²) in [4.78, 5) is 15.0. The van der Waals surface area contributed by atoms with Gasteiger partial charge in [-0.2, -0.15) is 0 Å². The zero-order valence-electron chi connectivity index (χ0n) is 16.3. The third-order valence-electron chi connectivity index (χ3n) is 5.09. The Bertz CT molecular complexity index is 1040. The third-order valence-corrected chi connectivity index (χ3v) is 5.31. The van der Waals surface area contributed by atoms with Crippen molar-refractivity contribution in [3.8, 4) is 11.5 Å². The molecule has 152 valence electrons. The summed E-state index contributed by atoms with van der Waals surface area (Å²) in [6.45, 7) is 1.36. The second-order valence-corrected chi connectivity index (χ2v) is 7.35. The third kappa shape index (κ3) is 3.93. The van der Waals surface area contributed by atoms with Crippen LogP contribution in [-0.2, 0) is 4.79 Å². The van der Waals surface area contributed by atoms with E-state index in [1.807, 2.05) is 10.5 Å². The van der Waals surface area contributed by atoms with Crippen LogP contribution >= 0.6 is 11.6 Å². The molecule has 0 radical (unpaired) electrons. The van der Waals surface area contributed by atoms with Gasteiger partial charge in [-0.25, -0.2) is 0 Å². The maximum absolute atomic E-state index is 12.9. The average molecular weight is 416 g/mol. The number of piperidine rings is 1. The van der Waals surface area contributed by atoms with Gasteiger partial charge in [0.15, 0.2) is 5.65 Å². The lowest BCUT2D eigenvalue weighted by Gasteiger charge is -2.32. The summed E-state index contributed by atoms with van der Waals surface area (Å²) in [5, 5.41) is 12.1. The Morgan fingerprint density at radius 2 is 2.07 bits per heavy atom. The van der Waals surface area contributed by atoms with Gasteiger partial charge >= 0.3 is 0 Å². The van der Waals surface area contributed by atoms with Crippen LogP contribution in [0.25, 0.3) is 5.65 Å². The average Bonchev–Trinajstić information content (AvgIpc) is 3.17. The topological polar surface area (TPSA) is 81.0 Å². The number of aromatic nitrogens is 3. The van der Waals surface area contributed by atoms with E-state index in [0.29, 0.717) is 34.7 Å². The summed E-state index contributed by atoms with van der Waals surface area (Å²) in [6.07, 6.45) is 3.48. The first-order valence-corrected chi connectivity index (χ1v) is 9.75. The minimum absolute atomic E-state index is 0.0509. The van der Waals surface area contributed by atoms with Crippen molar-refractivity contribution >= 4 is 34.8 Å². The highest BCUT2D eigenvalue weighted by atomic mass is 35.5. The number of hydrogen-bond donors (Lipinski definition) is 1. The van der Waals surface area contributed by atoms with Crippen molar-refractivity contribution in [2.75, 3.05) is 37.5 Å². The van der Waals surface area contributed by atoms with Gasteiger partial charge in [-0.05, 0) is 37.1 Å². The molecule has 0 saturated carbocycles. The van der Waals surface area contributed by atoms with Gasteiger partial charge in [0.25, 0.3) is 0 Å². The monoisotopic (exact) mass is 415 g/mol. The minimum Gasteiger partial charge on any atom is -0.497 e. The zero-order valence-corrected chi connectivity index (χ0v) is 17.0. The molecule has 3 heterocycles. The molecule has 0 bridgehead atoms. The fraction of sp³-hybridized carbons (Fsp3) is 0.350. The number of pyridine rings is 1. The molecule has 0 aliphatic carbocycles. The Balaban J connectivity index is 1.51. The molecule has 8 nitrogen and oxygen atoms in total. The van der Waals surface area contributed by atoms with Gasteiger partial charge in [-0.3, -0.25) is 9.20 Å². The Morgan fingerprint density at radius 1 is 1.21 bits per heavy atom. The quantitative estimate of drug-likeness (QED) is 0.688. The summed E-state index contributed by atoms with van der Waals surface area (Å²) < 4.78 is 12.4. The molecule has 1 aliphatic heterocycles. The number of fused-ring (bicyclic) bond motifs is 1. The molecule has 1 fully saturated rings. The van der Waals surface area contributed by atoms with Crippen LogP contribution in [0.2, 0.25) is 5.02 Å². The summed E-state index contributed by atoms with van der Waals surface area (Å²) in [7, 11) is 3.15. The first kappa shape index (κ1) is 19.3. The van der Waals surface area contributed by atoms with Crippen LogP contribution in [0.4, 0.5) is 11.6 Å². The van der Waals surface area contributed by atoms with E-state index in [4.69, 9.17) is 21.1 Å². The van der Waals surface area contributed by atoms with Gasteiger partial charge in [0.2, 0.25) is 11.9 Å². The molecular formula is C20H22ClN5O3. The molecule has 1 unspecified atom stereocenters. The lowest BCUT2D eigenvalue weighted by atomic mass is 9.97. The van der Waals surface area contributed by atoms with E-state index in [1.165, 1.54) is 0 Å². The maximum atomic E-state index is 12.9. The van der Waals surface area contributed by atoms with Gasteiger partial charge in [0.05, 0.1) is 30.8 Å². The van der Waals surface area contributed by atoms with E-state index in [1.54, 1.807) is 44.7 Å². The number of amides is 1. The first-order chi connectivity index (χ1) is 14.1. The van der Waals surface area contributed by atoms with Crippen molar-refractivity contribution in [1.29, 1.82) is 0 Å². The van der Waals surface area contributed by atoms with Crippen LogP contribution < -0.4 is 19.7 Å². The largest absolute Gasteiger partial charge is 0.497 e. The predicted octanol–water partition coefficient (Wildman–Crippen LogP) is 3.26. The smallest absolute Gasteiger partial charge is 0.231 e. The fourth-order valence-electron chi connectivity index (χ4n) is 3.58. The van der Waals surface area contributed by atoms with Crippen molar-refractivity contribution in [2.24, 2.45) is 5.92 Å². The number of ether oxygens (including phenoxy) is 2. The number of benzene rings is 1. The molecule has 4 rings (SSSR count). The van der Waals surface area contributed by atoms with Crippen LogP contribution in [0.3, 0.4) is 0 Å². The standard InChI is InChI=1S/C20H22ClN5O3/c1-28-15-6-7-16(17(10-15)29-2)22-19(27)13-4-3-9-25(11-13)20-24-23-18-8-5-14(21)12-26(18)20/h5-8,10,12-13H,3-4,9,11H2,1-2H3,(H,22,27). The number of nitrogens with zero attached hydrogens (tertiary/aromatic N) is 4. The van der Waals surface area contributed by atoms with Gasteiger partial charge in [-0.1, -0.05) is 11.6 Å². The summed E-state index contributed by atoms with van der Waals surface area (Å²) in [6, 6.07) is 8.92. The van der Waals surface area contributed by atoms with E-state index in [-0.39, 0.29) is 11.8 Å². The predicted molar refractivity (Wildman–Crippen MR) is 111 cm³/mol. The molecule has 2 aromatic heterocycles. The molecule has 3 aromatic rings. The number of hydrogen-bond acceptors (Lipinski definition) is 6. The molecule has 1 saturated heterocycles. The van der Waals surface area contributed by atoms with Crippen molar-refractivity contribution in [2.45, 2.75) is 12.8 Å². The number of carbonyl (C=O) groups excluding carboxylic acids is 1. The zero-order chi connectivity index (χ0) is 20.4. The lowest BCUT2D eigenvalue weighted by molar-refractivity contribution is -0.120. The lowest BCUT2D eigenvalue weighted by Crippen LogP contribution is -2.41. The Kier molecular flexibility index (Phi) is 5.44. The molecule has 29 heavy (non-hydrogen) atoms. The number of halogens is 1. The molecular weight excluding hydrogens is 394 g/mol. The number of carbonyl (C=O) groups is 1. The fourth-order valence-corrected chi connectivity index (χ4v) is 3.74. The Labute approximate surface area is 173 Å². The van der Waals surface area contributed by atoms with Crippen LogP contribution in [0.1, 0.15) is 12.8 Å². The molecule has 1 aliphatic rings. The van der Waals surface area contributed by atoms with Crippen LogP contribution in [0, 0.1) is 5.92 Å². The van der Waals surface area contributed by atoms with Crippen LogP contribution in [0.5, 0.6) is 11.5 Å². The highest BCUT2D eigenvalue weighted by molar-refractivity contribution is 6.30. The van der Waals surface area contributed by atoms with Crippen molar-refractivity contribution in [1.82, 2.24) is 14.6 Å². The summed E-state index contributed by atoms with van der Waals surface area (Å²) in [5.41, 5.74) is 1.34. The summed E-state index contributed by atoms with van der Waals surface area (Å²) >= 11 is 6.13. The SMILES string of the molecule is COc1ccc(NC(=O)C2CCCN(c3nnc4ccc(Cl)cn34)C2)c(OC)c1. The van der Waals surface area contributed by atoms with E-state index in [0.717, 1.165) is 25.0 Å². The number of rotatable bonds is 5. The van der Waals surface area contributed by atoms with E-state index < -0.39 is 0 Å². The highest BCUT2D eigenvalue weighted by Crippen LogP contribution is 2.30. The Hall–Kier alpha value is -3.00. The molecule has 1 N–H and O–H groups in total. The van der Waals surface area contributed by atoms with Gasteiger partial charge < -0.3 is 19.7 Å². The maximum Gasteiger partial charge on any atom is 0.231 e. The molecule has 1 aromatic carbocycles. The van der Waals surface area contributed by atoms with E-state index in [2.05, 4.69) is 20.4 Å². The normalized spacial score (nSPS) is 16.7. The summed E-state index contributed by atoms with van der Waals surface area (Å²) in [5.74, 6) is 1.69. The Morgan fingerprint density at radius 3 is 2.86 bits per heavy atom. The second-order valence-electron chi connectivity index (χ2n) is 6.92. The van der Waals surface area contributed by atoms with Crippen LogP contribution in [0.15, 0.2) is 36.5 Å². The minimum atomic E-state index is -0.179.